The Morgan fingerprint density at radius 2 is 2.00 bits per heavy atom. The van der Waals surface area contributed by atoms with Gasteiger partial charge in [-0.05, 0) is 43.7 Å². The van der Waals surface area contributed by atoms with Gasteiger partial charge in [0.1, 0.15) is 11.3 Å². The van der Waals surface area contributed by atoms with Crippen LogP contribution in [0.2, 0.25) is 5.02 Å². The molecular formula is C17H17ClN4O. The van der Waals surface area contributed by atoms with Crippen LogP contribution in [-0.2, 0) is 6.54 Å². The van der Waals surface area contributed by atoms with Crippen LogP contribution in [0.3, 0.4) is 0 Å². The summed E-state index contributed by atoms with van der Waals surface area (Å²) in [5, 5.41) is 0.570. The van der Waals surface area contributed by atoms with Crippen molar-refractivity contribution < 1.29 is 4.79 Å². The number of pyridine rings is 2. The van der Waals surface area contributed by atoms with E-state index in [0.29, 0.717) is 29.5 Å². The Morgan fingerprint density at radius 3 is 2.70 bits per heavy atom. The number of carbonyl (C=O) groups is 1. The SMILES string of the molecule is CCN(Cc1ccncc1)C(=O)c1c(C)nc2ccc(Cl)cn12. The minimum absolute atomic E-state index is 0.0587. The molecule has 0 aromatic carbocycles. The van der Waals surface area contributed by atoms with Crippen LogP contribution in [0.4, 0.5) is 0 Å². The lowest BCUT2D eigenvalue weighted by Gasteiger charge is -2.21. The fourth-order valence-electron chi connectivity index (χ4n) is 2.58. The van der Waals surface area contributed by atoms with Crippen LogP contribution in [-0.4, -0.2) is 31.7 Å². The number of fused-ring (bicyclic) bond motifs is 1. The predicted octanol–water partition coefficient (Wildman–Crippen LogP) is 3.35. The maximum Gasteiger partial charge on any atom is 0.273 e. The lowest BCUT2D eigenvalue weighted by Crippen LogP contribution is -2.31. The van der Waals surface area contributed by atoms with Crippen LogP contribution in [0.5, 0.6) is 0 Å². The summed E-state index contributed by atoms with van der Waals surface area (Å²) in [6.07, 6.45) is 5.18. The summed E-state index contributed by atoms with van der Waals surface area (Å²) in [5.41, 5.74) is 3.01. The molecule has 0 N–H and O–H groups in total. The molecule has 0 spiro atoms. The molecule has 3 aromatic rings. The summed E-state index contributed by atoms with van der Waals surface area (Å²) in [7, 11) is 0. The molecule has 3 rings (SSSR count). The molecule has 0 bridgehead atoms. The van der Waals surface area contributed by atoms with Gasteiger partial charge in [-0.3, -0.25) is 14.2 Å². The van der Waals surface area contributed by atoms with Gasteiger partial charge in [-0.1, -0.05) is 11.6 Å². The lowest BCUT2D eigenvalue weighted by atomic mass is 10.2. The fraction of sp³-hybridized carbons (Fsp3) is 0.235. The molecule has 1 amide bonds. The fourth-order valence-corrected chi connectivity index (χ4v) is 2.74. The lowest BCUT2D eigenvalue weighted by molar-refractivity contribution is 0.0744. The molecule has 3 heterocycles. The Morgan fingerprint density at radius 1 is 1.26 bits per heavy atom. The highest BCUT2D eigenvalue weighted by molar-refractivity contribution is 6.30. The first-order valence-electron chi connectivity index (χ1n) is 7.42. The van der Waals surface area contributed by atoms with Crippen LogP contribution in [0.25, 0.3) is 5.65 Å². The smallest absolute Gasteiger partial charge is 0.273 e. The first-order chi connectivity index (χ1) is 11.1. The summed E-state index contributed by atoms with van der Waals surface area (Å²) >= 11 is 6.07. The van der Waals surface area contributed by atoms with Gasteiger partial charge >= 0.3 is 0 Å². The number of aromatic nitrogens is 3. The minimum atomic E-state index is -0.0587. The maximum absolute atomic E-state index is 13.0. The van der Waals surface area contributed by atoms with Crippen molar-refractivity contribution in [3.63, 3.8) is 0 Å². The molecule has 0 unspecified atom stereocenters. The number of halogens is 1. The molecule has 6 heteroatoms. The molecule has 0 aliphatic heterocycles. The van der Waals surface area contributed by atoms with Crippen molar-refractivity contribution in [2.45, 2.75) is 20.4 Å². The Balaban J connectivity index is 1.98. The number of hydrogen-bond acceptors (Lipinski definition) is 3. The molecule has 118 valence electrons. The van der Waals surface area contributed by atoms with Crippen LogP contribution in [0.1, 0.15) is 28.7 Å². The number of hydrogen-bond donors (Lipinski definition) is 0. The zero-order chi connectivity index (χ0) is 16.4. The van der Waals surface area contributed by atoms with E-state index >= 15 is 0 Å². The quantitative estimate of drug-likeness (QED) is 0.738. The van der Waals surface area contributed by atoms with Crippen molar-refractivity contribution in [1.29, 1.82) is 0 Å². The average molecular weight is 329 g/mol. The normalized spacial score (nSPS) is 10.9. The third-order valence-electron chi connectivity index (χ3n) is 3.75. The summed E-state index contributed by atoms with van der Waals surface area (Å²) in [6.45, 7) is 4.94. The van der Waals surface area contributed by atoms with Crippen LogP contribution < -0.4 is 0 Å². The standard InChI is InChI=1S/C17H17ClN4O/c1-3-21(10-13-6-8-19-9-7-13)17(23)16-12(2)20-15-5-4-14(18)11-22(15)16/h4-9,11H,3,10H2,1-2H3. The van der Waals surface area contributed by atoms with E-state index in [-0.39, 0.29) is 5.91 Å². The molecule has 0 fully saturated rings. The maximum atomic E-state index is 13.0. The van der Waals surface area contributed by atoms with E-state index in [1.54, 1.807) is 34.0 Å². The number of rotatable bonds is 4. The van der Waals surface area contributed by atoms with Crippen molar-refractivity contribution in [3.8, 4) is 0 Å². The van der Waals surface area contributed by atoms with E-state index in [4.69, 9.17) is 11.6 Å². The Hall–Kier alpha value is -2.40. The second-order valence-corrected chi connectivity index (χ2v) is 5.73. The molecule has 0 aliphatic rings. The van der Waals surface area contributed by atoms with Gasteiger partial charge in [0.2, 0.25) is 0 Å². The average Bonchev–Trinajstić information content (AvgIpc) is 2.88. The van der Waals surface area contributed by atoms with Gasteiger partial charge in [0.15, 0.2) is 0 Å². The van der Waals surface area contributed by atoms with E-state index in [1.807, 2.05) is 32.0 Å². The predicted molar refractivity (Wildman–Crippen MR) is 89.6 cm³/mol. The largest absolute Gasteiger partial charge is 0.333 e. The molecule has 3 aromatic heterocycles. The highest BCUT2D eigenvalue weighted by Gasteiger charge is 2.22. The third kappa shape index (κ3) is 3.05. The van der Waals surface area contributed by atoms with Gasteiger partial charge < -0.3 is 4.90 Å². The van der Waals surface area contributed by atoms with Gasteiger partial charge in [-0.15, -0.1) is 0 Å². The zero-order valence-corrected chi connectivity index (χ0v) is 13.8. The third-order valence-corrected chi connectivity index (χ3v) is 3.97. The van der Waals surface area contributed by atoms with E-state index < -0.39 is 0 Å². The number of amides is 1. The van der Waals surface area contributed by atoms with Gasteiger partial charge in [-0.25, -0.2) is 4.98 Å². The van der Waals surface area contributed by atoms with Crippen molar-refractivity contribution in [2.24, 2.45) is 0 Å². The molecule has 5 nitrogen and oxygen atoms in total. The second kappa shape index (κ2) is 6.38. The van der Waals surface area contributed by atoms with Crippen LogP contribution in [0, 0.1) is 6.92 Å². The van der Waals surface area contributed by atoms with Gasteiger partial charge in [0, 0.05) is 31.7 Å². The van der Waals surface area contributed by atoms with E-state index in [0.717, 1.165) is 11.2 Å². The van der Waals surface area contributed by atoms with Gasteiger partial charge in [-0.2, -0.15) is 0 Å². The van der Waals surface area contributed by atoms with Crippen molar-refractivity contribution in [3.05, 3.63) is 64.8 Å². The molecule has 0 saturated carbocycles. The minimum Gasteiger partial charge on any atom is -0.333 e. The van der Waals surface area contributed by atoms with Crippen molar-refractivity contribution in [1.82, 2.24) is 19.3 Å². The summed E-state index contributed by atoms with van der Waals surface area (Å²) < 4.78 is 1.76. The van der Waals surface area contributed by atoms with Crippen LogP contribution >= 0.6 is 11.6 Å². The van der Waals surface area contributed by atoms with E-state index in [1.165, 1.54) is 0 Å². The molecule has 0 radical (unpaired) electrons. The highest BCUT2D eigenvalue weighted by Crippen LogP contribution is 2.18. The Labute approximate surface area is 139 Å². The second-order valence-electron chi connectivity index (χ2n) is 5.30. The molecule has 0 saturated heterocycles. The van der Waals surface area contributed by atoms with Crippen molar-refractivity contribution >= 4 is 23.2 Å². The van der Waals surface area contributed by atoms with Crippen LogP contribution in [0.15, 0.2) is 42.9 Å². The number of nitrogens with zero attached hydrogens (tertiary/aromatic N) is 4. The summed E-state index contributed by atoms with van der Waals surface area (Å²) in [6, 6.07) is 7.40. The number of aryl methyl sites for hydroxylation is 1. The summed E-state index contributed by atoms with van der Waals surface area (Å²) in [5.74, 6) is -0.0587. The molecule has 23 heavy (non-hydrogen) atoms. The Kier molecular flexibility index (Phi) is 4.30. The first-order valence-corrected chi connectivity index (χ1v) is 7.80. The monoisotopic (exact) mass is 328 g/mol. The topological polar surface area (TPSA) is 50.5 Å². The van der Waals surface area contributed by atoms with E-state index in [9.17, 15) is 4.79 Å². The van der Waals surface area contributed by atoms with Crippen molar-refractivity contribution in [2.75, 3.05) is 6.54 Å². The van der Waals surface area contributed by atoms with E-state index in [2.05, 4.69) is 9.97 Å². The molecular weight excluding hydrogens is 312 g/mol. The first kappa shape index (κ1) is 15.5. The van der Waals surface area contributed by atoms with Gasteiger partial charge in [0.25, 0.3) is 5.91 Å². The molecule has 0 atom stereocenters. The summed E-state index contributed by atoms with van der Waals surface area (Å²) in [4.78, 5) is 23.2. The zero-order valence-electron chi connectivity index (χ0n) is 13.0. The van der Waals surface area contributed by atoms with Gasteiger partial charge in [0.05, 0.1) is 10.7 Å². The highest BCUT2D eigenvalue weighted by atomic mass is 35.5. The Bertz CT molecular complexity index is 844. The number of carbonyl (C=O) groups excluding carboxylic acids is 1. The number of imidazole rings is 1. The molecule has 0 aliphatic carbocycles.